The zero-order valence-corrected chi connectivity index (χ0v) is 9.68. The van der Waals surface area contributed by atoms with Crippen LogP contribution in [0.1, 0.15) is 5.56 Å². The Hall–Kier alpha value is -2.77. The van der Waals surface area contributed by atoms with Crippen LogP contribution in [-0.4, -0.2) is 27.0 Å². The number of hydrogen-bond acceptors (Lipinski definition) is 4. The first-order chi connectivity index (χ1) is 9.16. The number of carbonyl (C=O) groups excluding carboxylic acids is 2. The Balaban J connectivity index is 1.88. The fourth-order valence-corrected chi connectivity index (χ4v) is 1.33. The van der Waals surface area contributed by atoms with Gasteiger partial charge < -0.3 is 5.32 Å². The monoisotopic (exact) mass is 263 g/mol. The van der Waals surface area contributed by atoms with E-state index in [2.05, 4.69) is 25.8 Å². The van der Waals surface area contributed by atoms with Crippen LogP contribution >= 0.6 is 0 Å². The predicted molar refractivity (Wildman–Crippen MR) is 63.3 cm³/mol. The number of aromatic nitrogens is 3. The number of H-pyrrole nitrogens is 1. The summed E-state index contributed by atoms with van der Waals surface area (Å²) in [4.78, 5) is 26.5. The topological polar surface area (TPSA) is 99.8 Å². The van der Waals surface area contributed by atoms with E-state index in [1.54, 1.807) is 6.07 Å². The molecule has 0 radical (unpaired) electrons. The van der Waals surface area contributed by atoms with Crippen molar-refractivity contribution in [3.8, 4) is 0 Å². The van der Waals surface area contributed by atoms with E-state index in [0.29, 0.717) is 5.56 Å². The molecule has 0 fully saturated rings. The molecule has 0 spiro atoms. The number of nitrogens with zero attached hydrogens (tertiary/aromatic N) is 2. The summed E-state index contributed by atoms with van der Waals surface area (Å²) in [6.45, 7) is -0.0741. The van der Waals surface area contributed by atoms with Crippen LogP contribution in [0.4, 0.5) is 10.3 Å². The van der Waals surface area contributed by atoms with Crippen molar-refractivity contribution in [3.05, 3.63) is 42.0 Å². The number of hydrogen-bond donors (Lipinski definition) is 3. The molecule has 1 heterocycles. The lowest BCUT2D eigenvalue weighted by Gasteiger charge is -2.05. The molecule has 0 aliphatic carbocycles. The summed E-state index contributed by atoms with van der Waals surface area (Å²) in [7, 11) is 0. The van der Waals surface area contributed by atoms with Crippen molar-refractivity contribution in [1.82, 2.24) is 20.5 Å². The van der Waals surface area contributed by atoms with Crippen molar-refractivity contribution in [2.75, 3.05) is 5.32 Å². The lowest BCUT2D eigenvalue weighted by atomic mass is 10.2. The van der Waals surface area contributed by atoms with Gasteiger partial charge in [-0.15, -0.1) is 0 Å². The minimum Gasteiger partial charge on any atom is -0.344 e. The molecular weight excluding hydrogens is 253 g/mol. The second kappa shape index (κ2) is 5.71. The quantitative estimate of drug-likeness (QED) is 0.689. The molecule has 0 atom stereocenters. The Bertz CT molecular complexity index is 585. The molecule has 1 aromatic heterocycles. The molecule has 19 heavy (non-hydrogen) atoms. The lowest BCUT2D eigenvalue weighted by Crippen LogP contribution is -2.35. The Labute approximate surface area is 107 Å². The summed E-state index contributed by atoms with van der Waals surface area (Å²) in [6.07, 6.45) is 1.19. The van der Waals surface area contributed by atoms with E-state index in [1.165, 1.54) is 24.5 Å². The maximum atomic E-state index is 13.3. The standard InChI is InChI=1S/C11H10FN5O2/c12-8-4-2-1-3-7(8)5-13-9(18)10(19)16-11-14-6-15-17-11/h1-4,6H,5H2,(H,13,18)(H2,14,15,16,17,19). The van der Waals surface area contributed by atoms with Crippen LogP contribution in [-0.2, 0) is 16.1 Å². The SMILES string of the molecule is O=C(NCc1ccccc1F)C(=O)Nc1ncn[nH]1. The Morgan fingerprint density at radius 3 is 2.74 bits per heavy atom. The second-order valence-electron chi connectivity index (χ2n) is 3.56. The average molecular weight is 263 g/mol. The predicted octanol–water partition coefficient (Wildman–Crippen LogP) is 0.199. The van der Waals surface area contributed by atoms with Crippen LogP contribution in [0.2, 0.25) is 0 Å². The molecule has 0 aliphatic heterocycles. The zero-order valence-electron chi connectivity index (χ0n) is 9.68. The third-order valence-corrected chi connectivity index (χ3v) is 2.25. The van der Waals surface area contributed by atoms with Gasteiger partial charge in [-0.1, -0.05) is 18.2 Å². The normalized spacial score (nSPS) is 9.95. The number of anilines is 1. The second-order valence-corrected chi connectivity index (χ2v) is 3.56. The van der Waals surface area contributed by atoms with Crippen LogP contribution in [0.5, 0.6) is 0 Å². The molecule has 3 N–H and O–H groups in total. The van der Waals surface area contributed by atoms with Gasteiger partial charge in [0.15, 0.2) is 0 Å². The van der Waals surface area contributed by atoms with Gasteiger partial charge in [0.05, 0.1) is 0 Å². The number of nitrogens with one attached hydrogen (secondary N) is 3. The van der Waals surface area contributed by atoms with Crippen molar-refractivity contribution >= 4 is 17.8 Å². The number of carbonyl (C=O) groups is 2. The Morgan fingerprint density at radius 1 is 1.26 bits per heavy atom. The summed E-state index contributed by atoms with van der Waals surface area (Å²) < 4.78 is 13.3. The van der Waals surface area contributed by atoms with E-state index in [9.17, 15) is 14.0 Å². The summed E-state index contributed by atoms with van der Waals surface area (Å²) in [6, 6.07) is 5.97. The molecule has 0 bridgehead atoms. The van der Waals surface area contributed by atoms with Gasteiger partial charge in [0.25, 0.3) is 0 Å². The van der Waals surface area contributed by atoms with Gasteiger partial charge in [-0.25, -0.2) is 9.49 Å². The molecule has 0 unspecified atom stereocenters. The lowest BCUT2D eigenvalue weighted by molar-refractivity contribution is -0.136. The van der Waals surface area contributed by atoms with Crippen LogP contribution < -0.4 is 10.6 Å². The first kappa shape index (κ1) is 12.7. The minimum atomic E-state index is -0.909. The van der Waals surface area contributed by atoms with Crippen molar-refractivity contribution < 1.29 is 14.0 Å². The van der Waals surface area contributed by atoms with Crippen LogP contribution in [0.15, 0.2) is 30.6 Å². The molecule has 2 aromatic rings. The Morgan fingerprint density at radius 2 is 2.05 bits per heavy atom. The molecule has 1 aromatic carbocycles. The van der Waals surface area contributed by atoms with Gasteiger partial charge >= 0.3 is 11.8 Å². The van der Waals surface area contributed by atoms with Crippen molar-refractivity contribution in [2.45, 2.75) is 6.54 Å². The molecule has 0 aliphatic rings. The van der Waals surface area contributed by atoms with Crippen LogP contribution in [0, 0.1) is 5.82 Å². The van der Waals surface area contributed by atoms with Gasteiger partial charge in [-0.2, -0.15) is 10.1 Å². The van der Waals surface area contributed by atoms with Crippen molar-refractivity contribution in [3.63, 3.8) is 0 Å². The van der Waals surface area contributed by atoms with E-state index < -0.39 is 17.6 Å². The van der Waals surface area contributed by atoms with Gasteiger partial charge in [0, 0.05) is 12.1 Å². The van der Waals surface area contributed by atoms with E-state index in [-0.39, 0.29) is 12.5 Å². The highest BCUT2D eigenvalue weighted by atomic mass is 19.1. The molecule has 2 amide bonds. The number of amides is 2. The van der Waals surface area contributed by atoms with Gasteiger partial charge in [-0.05, 0) is 6.07 Å². The largest absolute Gasteiger partial charge is 0.344 e. The maximum absolute atomic E-state index is 13.3. The Kier molecular flexibility index (Phi) is 3.81. The molecule has 0 saturated heterocycles. The number of benzene rings is 1. The molecule has 98 valence electrons. The summed E-state index contributed by atoms with van der Waals surface area (Å²) in [5, 5.41) is 10.4. The van der Waals surface area contributed by atoms with Crippen LogP contribution in [0.25, 0.3) is 0 Å². The van der Waals surface area contributed by atoms with Crippen molar-refractivity contribution in [2.24, 2.45) is 0 Å². The van der Waals surface area contributed by atoms with E-state index >= 15 is 0 Å². The summed E-state index contributed by atoms with van der Waals surface area (Å²) in [5.74, 6) is -2.18. The van der Waals surface area contributed by atoms with E-state index in [1.807, 2.05) is 0 Å². The molecule has 7 nitrogen and oxygen atoms in total. The van der Waals surface area contributed by atoms with Gasteiger partial charge in [0.1, 0.15) is 12.1 Å². The average Bonchev–Trinajstić information content (AvgIpc) is 2.90. The highest BCUT2D eigenvalue weighted by Gasteiger charge is 2.15. The van der Waals surface area contributed by atoms with Crippen molar-refractivity contribution in [1.29, 1.82) is 0 Å². The van der Waals surface area contributed by atoms with E-state index in [0.717, 1.165) is 0 Å². The number of aromatic amines is 1. The third kappa shape index (κ3) is 3.35. The number of halogens is 1. The highest BCUT2D eigenvalue weighted by Crippen LogP contribution is 2.05. The highest BCUT2D eigenvalue weighted by molar-refractivity contribution is 6.39. The number of rotatable bonds is 3. The molecule has 8 heteroatoms. The first-order valence-corrected chi connectivity index (χ1v) is 5.35. The summed E-state index contributed by atoms with van der Waals surface area (Å²) >= 11 is 0. The molecule has 0 saturated carbocycles. The fraction of sp³-hybridized carbons (Fsp3) is 0.0909. The van der Waals surface area contributed by atoms with Gasteiger partial charge in [0.2, 0.25) is 5.95 Å². The van der Waals surface area contributed by atoms with Crippen LogP contribution in [0.3, 0.4) is 0 Å². The molecule has 2 rings (SSSR count). The van der Waals surface area contributed by atoms with Gasteiger partial charge in [-0.3, -0.25) is 14.9 Å². The zero-order chi connectivity index (χ0) is 13.7. The molecular formula is C11H10FN5O2. The maximum Gasteiger partial charge on any atom is 0.316 e. The first-order valence-electron chi connectivity index (χ1n) is 5.35. The summed E-state index contributed by atoms with van der Waals surface area (Å²) in [5.41, 5.74) is 0.295. The third-order valence-electron chi connectivity index (χ3n) is 2.25. The fourth-order valence-electron chi connectivity index (χ4n) is 1.33. The smallest absolute Gasteiger partial charge is 0.316 e. The minimum absolute atomic E-state index is 0.0611. The van der Waals surface area contributed by atoms with E-state index in [4.69, 9.17) is 0 Å².